The minimum Gasteiger partial charge on any atom is -0.494 e. The highest BCUT2D eigenvalue weighted by atomic mass is 127. The zero-order valence-corrected chi connectivity index (χ0v) is 21.9. The van der Waals surface area contributed by atoms with Crippen molar-refractivity contribution >= 4 is 51.0 Å². The second kappa shape index (κ2) is 11.3. The highest BCUT2D eigenvalue weighted by Crippen LogP contribution is 2.27. The highest BCUT2D eigenvalue weighted by molar-refractivity contribution is 14.1. The van der Waals surface area contributed by atoms with Crippen LogP contribution in [0.4, 0.5) is 11.4 Å². The van der Waals surface area contributed by atoms with E-state index in [0.29, 0.717) is 16.3 Å². The number of fused-ring (bicyclic) bond motifs is 1. The second-order valence-corrected chi connectivity index (χ2v) is 10.4. The molecule has 1 aliphatic rings. The summed E-state index contributed by atoms with van der Waals surface area (Å²) in [5, 5.41) is 15.1. The van der Waals surface area contributed by atoms with Gasteiger partial charge in [-0.15, -0.1) is 0 Å². The van der Waals surface area contributed by atoms with Gasteiger partial charge in [-0.2, -0.15) is 0 Å². The molecule has 4 rings (SSSR count). The molecule has 3 N–H and O–H groups in total. The van der Waals surface area contributed by atoms with Crippen molar-refractivity contribution in [3.05, 3.63) is 62.0 Å². The Hall–Kier alpha value is -2.43. The number of benzene rings is 2. The fraction of sp³-hybridized carbons (Fsp3) is 0.385. The molecular formula is C26H32IN5O2. The van der Waals surface area contributed by atoms with Gasteiger partial charge in [-0.05, 0) is 104 Å². The van der Waals surface area contributed by atoms with Crippen molar-refractivity contribution in [1.82, 2.24) is 15.2 Å². The number of nitrogens with one attached hydrogen (secondary N) is 2. The van der Waals surface area contributed by atoms with Crippen LogP contribution >= 0.6 is 22.6 Å². The molecule has 0 atom stereocenters. The number of hydrogen-bond donors (Lipinski definition) is 3. The van der Waals surface area contributed by atoms with Gasteiger partial charge in [0.15, 0.2) is 0 Å². The summed E-state index contributed by atoms with van der Waals surface area (Å²) in [7, 11) is 4.21. The van der Waals surface area contributed by atoms with Gasteiger partial charge in [0.25, 0.3) is 5.56 Å². The molecule has 0 amide bonds. The van der Waals surface area contributed by atoms with Gasteiger partial charge in [0, 0.05) is 52.4 Å². The second-order valence-electron chi connectivity index (χ2n) is 9.12. The predicted molar refractivity (Wildman–Crippen MR) is 149 cm³/mol. The Morgan fingerprint density at radius 1 is 1.18 bits per heavy atom. The van der Waals surface area contributed by atoms with Crippen LogP contribution in [0.15, 0.2) is 52.3 Å². The molecule has 7 nitrogen and oxygen atoms in total. The van der Waals surface area contributed by atoms with Crippen LogP contribution in [0.25, 0.3) is 10.8 Å². The lowest BCUT2D eigenvalue weighted by atomic mass is 9.96. The Bertz CT molecular complexity index is 1200. The van der Waals surface area contributed by atoms with Crippen LogP contribution in [0.2, 0.25) is 0 Å². The highest BCUT2D eigenvalue weighted by Gasteiger charge is 2.19. The van der Waals surface area contributed by atoms with Gasteiger partial charge in [-0.1, -0.05) is 0 Å². The molecule has 0 aliphatic carbocycles. The van der Waals surface area contributed by atoms with Crippen molar-refractivity contribution in [3.8, 4) is 5.88 Å². The van der Waals surface area contributed by atoms with Crippen molar-refractivity contribution in [2.75, 3.05) is 51.7 Å². The van der Waals surface area contributed by atoms with E-state index in [1.165, 1.54) is 18.5 Å². The Balaban J connectivity index is 1.38. The molecule has 0 unspecified atom stereocenters. The van der Waals surface area contributed by atoms with Crippen LogP contribution in [0.1, 0.15) is 18.4 Å². The molecule has 1 saturated heterocycles. The lowest BCUT2D eigenvalue weighted by Gasteiger charge is -2.34. The molecule has 180 valence electrons. The topological polar surface area (TPSA) is 84.0 Å². The van der Waals surface area contributed by atoms with E-state index in [0.717, 1.165) is 47.9 Å². The SMILES string of the molecule is CN(C)CCNCC1CCN(c2ccc(N=Cc3c(O)[nH]c(=O)c4ccc(I)cc34)cc2)CC1. The van der Waals surface area contributed by atoms with Crippen molar-refractivity contribution in [2.45, 2.75) is 12.8 Å². The maximum Gasteiger partial charge on any atom is 0.258 e. The fourth-order valence-corrected chi connectivity index (χ4v) is 4.82. The van der Waals surface area contributed by atoms with Crippen LogP contribution in [-0.4, -0.2) is 68.0 Å². The molecule has 2 heterocycles. The molecule has 1 aliphatic heterocycles. The van der Waals surface area contributed by atoms with Crippen molar-refractivity contribution in [1.29, 1.82) is 0 Å². The quantitative estimate of drug-likeness (QED) is 0.216. The summed E-state index contributed by atoms with van der Waals surface area (Å²) < 4.78 is 0.988. The standard InChI is InChI=1S/C26H32IN5O2/c1-31(2)14-11-28-16-18-9-12-32(13-10-18)21-6-4-20(5-7-21)29-17-24-23-15-19(27)3-8-22(23)25(33)30-26(24)34/h3-8,15,17-18,28H,9-14,16H2,1-2H3,(H2,30,33,34). The third kappa shape index (κ3) is 6.17. The third-order valence-electron chi connectivity index (χ3n) is 6.34. The number of pyridine rings is 1. The Kier molecular flexibility index (Phi) is 8.23. The zero-order valence-electron chi connectivity index (χ0n) is 19.7. The molecule has 1 aromatic heterocycles. The van der Waals surface area contributed by atoms with Crippen LogP contribution in [0, 0.1) is 9.49 Å². The van der Waals surface area contributed by atoms with E-state index in [1.54, 1.807) is 12.3 Å². The number of aromatic hydroxyl groups is 1. The first-order valence-corrected chi connectivity index (χ1v) is 12.8. The van der Waals surface area contributed by atoms with E-state index in [2.05, 4.69) is 73.9 Å². The lowest BCUT2D eigenvalue weighted by Crippen LogP contribution is -2.38. The van der Waals surface area contributed by atoms with E-state index in [-0.39, 0.29) is 11.4 Å². The van der Waals surface area contributed by atoms with Crippen LogP contribution in [-0.2, 0) is 0 Å². The molecule has 2 aromatic carbocycles. The van der Waals surface area contributed by atoms with E-state index in [4.69, 9.17) is 0 Å². The normalized spacial score (nSPS) is 15.1. The average Bonchev–Trinajstić information content (AvgIpc) is 2.82. The smallest absolute Gasteiger partial charge is 0.258 e. The number of hydrogen-bond acceptors (Lipinski definition) is 6. The van der Waals surface area contributed by atoms with E-state index >= 15 is 0 Å². The van der Waals surface area contributed by atoms with E-state index in [9.17, 15) is 9.90 Å². The molecule has 0 bridgehead atoms. The Morgan fingerprint density at radius 2 is 1.91 bits per heavy atom. The number of anilines is 1. The number of likely N-dealkylation sites (N-methyl/N-ethyl adjacent to an activating group) is 1. The lowest BCUT2D eigenvalue weighted by molar-refractivity contribution is 0.357. The summed E-state index contributed by atoms with van der Waals surface area (Å²) in [5.74, 6) is 0.573. The number of nitrogens with zero attached hydrogens (tertiary/aromatic N) is 3. The average molecular weight is 573 g/mol. The van der Waals surface area contributed by atoms with Crippen molar-refractivity contribution in [2.24, 2.45) is 10.9 Å². The summed E-state index contributed by atoms with van der Waals surface area (Å²) in [6.07, 6.45) is 4.02. The van der Waals surface area contributed by atoms with Crippen LogP contribution < -0.4 is 15.8 Å². The molecule has 0 radical (unpaired) electrons. The van der Waals surface area contributed by atoms with Gasteiger partial charge >= 0.3 is 0 Å². The molecule has 1 fully saturated rings. The van der Waals surface area contributed by atoms with Gasteiger partial charge in [-0.3, -0.25) is 14.8 Å². The monoisotopic (exact) mass is 573 g/mol. The molecule has 34 heavy (non-hydrogen) atoms. The zero-order chi connectivity index (χ0) is 24.1. The minimum absolute atomic E-state index is 0.168. The summed E-state index contributed by atoms with van der Waals surface area (Å²) in [6.45, 7) is 5.35. The van der Waals surface area contributed by atoms with Gasteiger partial charge in [0.1, 0.15) is 0 Å². The van der Waals surface area contributed by atoms with E-state index in [1.807, 2.05) is 24.3 Å². The predicted octanol–water partition coefficient (Wildman–Crippen LogP) is 3.96. The van der Waals surface area contributed by atoms with Crippen molar-refractivity contribution < 1.29 is 5.11 Å². The van der Waals surface area contributed by atoms with Crippen molar-refractivity contribution in [3.63, 3.8) is 0 Å². The number of aromatic amines is 1. The molecular weight excluding hydrogens is 541 g/mol. The van der Waals surface area contributed by atoms with Gasteiger partial charge in [0.2, 0.25) is 5.88 Å². The number of piperidine rings is 1. The summed E-state index contributed by atoms with van der Waals surface area (Å²) in [6, 6.07) is 13.7. The van der Waals surface area contributed by atoms with Gasteiger partial charge < -0.3 is 20.2 Å². The first kappa shape index (κ1) is 24.7. The number of H-pyrrole nitrogens is 1. The minimum atomic E-state index is -0.307. The summed E-state index contributed by atoms with van der Waals surface area (Å²) in [5.41, 5.74) is 2.22. The Labute approximate surface area is 214 Å². The number of rotatable bonds is 8. The number of aliphatic imine (C=N–C) groups is 1. The van der Waals surface area contributed by atoms with Crippen LogP contribution in [0.5, 0.6) is 5.88 Å². The summed E-state index contributed by atoms with van der Waals surface area (Å²) >= 11 is 2.20. The molecule has 0 saturated carbocycles. The first-order valence-electron chi connectivity index (χ1n) is 11.7. The molecule has 0 spiro atoms. The molecule has 8 heteroatoms. The number of halogens is 1. The van der Waals surface area contributed by atoms with Gasteiger partial charge in [-0.25, -0.2) is 0 Å². The van der Waals surface area contributed by atoms with E-state index < -0.39 is 0 Å². The maximum atomic E-state index is 12.2. The van der Waals surface area contributed by atoms with Gasteiger partial charge in [0.05, 0.1) is 11.3 Å². The van der Waals surface area contributed by atoms with Crippen LogP contribution in [0.3, 0.4) is 0 Å². The summed E-state index contributed by atoms with van der Waals surface area (Å²) in [4.78, 5) is 23.9. The fourth-order valence-electron chi connectivity index (χ4n) is 4.33. The Morgan fingerprint density at radius 3 is 2.62 bits per heavy atom. The number of aromatic nitrogens is 1. The first-order chi connectivity index (χ1) is 16.4. The third-order valence-corrected chi connectivity index (χ3v) is 7.02. The maximum absolute atomic E-state index is 12.2. The largest absolute Gasteiger partial charge is 0.494 e. The molecule has 3 aromatic rings.